The van der Waals surface area contributed by atoms with E-state index in [2.05, 4.69) is 4.74 Å². The summed E-state index contributed by atoms with van der Waals surface area (Å²) in [5, 5.41) is 11.5. The number of nitriles is 1. The van der Waals surface area contributed by atoms with Gasteiger partial charge in [-0.05, 0) is 30.7 Å². The number of rotatable bonds is 3. The summed E-state index contributed by atoms with van der Waals surface area (Å²) in [4.78, 5) is 22.7. The predicted octanol–water partition coefficient (Wildman–Crippen LogP) is 3.17. The molecular formula is C13H10Cl2N2O3. The van der Waals surface area contributed by atoms with Crippen LogP contribution in [-0.4, -0.2) is 18.6 Å². The Balaban J connectivity index is 2.92. The van der Waals surface area contributed by atoms with Crippen LogP contribution in [0.15, 0.2) is 23.8 Å². The van der Waals surface area contributed by atoms with Crippen LogP contribution in [0.5, 0.6) is 0 Å². The van der Waals surface area contributed by atoms with E-state index in [9.17, 15) is 9.59 Å². The molecule has 5 nitrogen and oxygen atoms in total. The first-order valence-electron chi connectivity index (χ1n) is 5.53. The summed E-state index contributed by atoms with van der Waals surface area (Å²) < 4.78 is 4.55. The van der Waals surface area contributed by atoms with Crippen LogP contribution in [-0.2, 0) is 9.53 Å². The van der Waals surface area contributed by atoms with E-state index >= 15 is 0 Å². The number of imide groups is 1. The van der Waals surface area contributed by atoms with Crippen LogP contribution in [0.1, 0.15) is 12.5 Å². The molecule has 0 aliphatic rings. The quantitative estimate of drug-likeness (QED) is 0.686. The number of nitrogens with zero attached hydrogens (tertiary/aromatic N) is 1. The largest absolute Gasteiger partial charge is 0.450 e. The molecule has 1 rings (SSSR count). The summed E-state index contributed by atoms with van der Waals surface area (Å²) in [6, 6.07) is 6.32. The molecule has 1 aromatic carbocycles. The van der Waals surface area contributed by atoms with Gasteiger partial charge in [-0.15, -0.1) is 0 Å². The van der Waals surface area contributed by atoms with E-state index in [0.717, 1.165) is 0 Å². The summed E-state index contributed by atoms with van der Waals surface area (Å²) >= 11 is 11.6. The molecule has 7 heteroatoms. The van der Waals surface area contributed by atoms with E-state index < -0.39 is 12.0 Å². The number of nitrogens with one attached hydrogen (secondary N) is 1. The van der Waals surface area contributed by atoms with E-state index in [1.54, 1.807) is 19.1 Å². The maximum absolute atomic E-state index is 11.7. The standard InChI is InChI=1S/C13H10Cl2N2O3/c1-2-20-13(19)17-12(18)9(7-16)5-8-3-4-10(14)11(15)6-8/h3-6H,2H2,1H3,(H,17,18,19). The second-order valence-corrected chi connectivity index (χ2v) is 4.33. The van der Waals surface area contributed by atoms with Crippen molar-refractivity contribution in [2.45, 2.75) is 6.92 Å². The first-order chi connectivity index (χ1) is 9.47. The predicted molar refractivity (Wildman–Crippen MR) is 75.2 cm³/mol. The smallest absolute Gasteiger partial charge is 0.414 e. The number of hydrogen-bond donors (Lipinski definition) is 1. The highest BCUT2D eigenvalue weighted by Crippen LogP contribution is 2.23. The molecule has 20 heavy (non-hydrogen) atoms. The molecule has 0 fully saturated rings. The molecule has 0 saturated heterocycles. The maximum atomic E-state index is 11.7. The van der Waals surface area contributed by atoms with E-state index in [4.69, 9.17) is 28.5 Å². The Morgan fingerprint density at radius 1 is 1.40 bits per heavy atom. The van der Waals surface area contributed by atoms with Gasteiger partial charge in [0.25, 0.3) is 5.91 Å². The molecule has 2 amide bonds. The molecule has 0 radical (unpaired) electrons. The van der Waals surface area contributed by atoms with Crippen LogP contribution in [0, 0.1) is 11.3 Å². The van der Waals surface area contributed by atoms with Crippen LogP contribution in [0.2, 0.25) is 10.0 Å². The van der Waals surface area contributed by atoms with Gasteiger partial charge in [0.2, 0.25) is 0 Å². The lowest BCUT2D eigenvalue weighted by atomic mass is 10.1. The van der Waals surface area contributed by atoms with Gasteiger partial charge < -0.3 is 4.74 Å². The van der Waals surface area contributed by atoms with Gasteiger partial charge >= 0.3 is 6.09 Å². The molecule has 0 atom stereocenters. The third kappa shape index (κ3) is 4.57. The number of carbonyl (C=O) groups is 2. The Kier molecular flexibility index (Phi) is 6.04. The topological polar surface area (TPSA) is 79.2 Å². The van der Waals surface area contributed by atoms with Crippen molar-refractivity contribution in [2.75, 3.05) is 6.61 Å². The average molecular weight is 313 g/mol. The highest BCUT2D eigenvalue weighted by molar-refractivity contribution is 6.42. The summed E-state index contributed by atoms with van der Waals surface area (Å²) in [5.41, 5.74) is 0.256. The van der Waals surface area contributed by atoms with Gasteiger partial charge in [-0.25, -0.2) is 4.79 Å². The van der Waals surface area contributed by atoms with Crippen LogP contribution in [0.25, 0.3) is 6.08 Å². The average Bonchev–Trinajstić information content (AvgIpc) is 2.40. The molecule has 0 aliphatic carbocycles. The maximum Gasteiger partial charge on any atom is 0.414 e. The Morgan fingerprint density at radius 2 is 2.10 bits per heavy atom. The van der Waals surface area contributed by atoms with Crippen molar-refractivity contribution in [3.63, 3.8) is 0 Å². The molecule has 0 spiro atoms. The SMILES string of the molecule is CCOC(=O)NC(=O)C(C#N)=Cc1ccc(Cl)c(Cl)c1. The molecule has 0 bridgehead atoms. The first kappa shape index (κ1) is 16.0. The van der Waals surface area contributed by atoms with E-state index in [1.807, 2.05) is 5.32 Å². The van der Waals surface area contributed by atoms with Crippen molar-refractivity contribution < 1.29 is 14.3 Å². The highest BCUT2D eigenvalue weighted by atomic mass is 35.5. The summed E-state index contributed by atoms with van der Waals surface area (Å²) in [6.07, 6.45) is 0.379. The molecule has 0 aliphatic heterocycles. The number of hydrogen-bond acceptors (Lipinski definition) is 4. The van der Waals surface area contributed by atoms with Gasteiger partial charge in [0, 0.05) is 0 Å². The van der Waals surface area contributed by atoms with Gasteiger partial charge in [-0.2, -0.15) is 5.26 Å². The van der Waals surface area contributed by atoms with Crippen LogP contribution >= 0.6 is 23.2 Å². The molecule has 0 unspecified atom stereocenters. The second kappa shape index (κ2) is 7.53. The van der Waals surface area contributed by atoms with Crippen molar-refractivity contribution in [3.8, 4) is 6.07 Å². The molecule has 1 N–H and O–H groups in total. The lowest BCUT2D eigenvalue weighted by Gasteiger charge is -2.03. The molecule has 1 aromatic rings. The fourth-order valence-electron chi connectivity index (χ4n) is 1.24. The second-order valence-electron chi connectivity index (χ2n) is 3.52. The zero-order valence-electron chi connectivity index (χ0n) is 10.4. The highest BCUT2D eigenvalue weighted by Gasteiger charge is 2.13. The minimum absolute atomic E-state index is 0.123. The number of amides is 2. The van der Waals surface area contributed by atoms with E-state index in [0.29, 0.717) is 15.6 Å². The zero-order chi connectivity index (χ0) is 15.1. The van der Waals surface area contributed by atoms with Gasteiger partial charge in [0.1, 0.15) is 11.6 Å². The molecule has 0 aromatic heterocycles. The van der Waals surface area contributed by atoms with Crippen molar-refractivity contribution in [1.29, 1.82) is 5.26 Å². The van der Waals surface area contributed by atoms with E-state index in [-0.39, 0.29) is 12.2 Å². The van der Waals surface area contributed by atoms with Crippen molar-refractivity contribution >= 4 is 41.3 Å². The number of benzene rings is 1. The number of alkyl carbamates (subject to hydrolysis) is 1. The van der Waals surface area contributed by atoms with Gasteiger partial charge in [-0.3, -0.25) is 10.1 Å². The Morgan fingerprint density at radius 3 is 2.65 bits per heavy atom. The minimum atomic E-state index is -0.909. The molecular weight excluding hydrogens is 303 g/mol. The van der Waals surface area contributed by atoms with Crippen molar-refractivity contribution in [2.24, 2.45) is 0 Å². The lowest BCUT2D eigenvalue weighted by Crippen LogP contribution is -2.31. The third-order valence-corrected chi connectivity index (χ3v) is 2.85. The third-order valence-electron chi connectivity index (χ3n) is 2.11. The Hall–Kier alpha value is -2.03. The number of ether oxygens (including phenoxy) is 1. The first-order valence-corrected chi connectivity index (χ1v) is 6.28. The number of carbonyl (C=O) groups excluding carboxylic acids is 2. The van der Waals surface area contributed by atoms with Crippen LogP contribution in [0.4, 0.5) is 4.79 Å². The van der Waals surface area contributed by atoms with Gasteiger partial charge in [0.15, 0.2) is 0 Å². The summed E-state index contributed by atoms with van der Waals surface area (Å²) in [7, 11) is 0. The van der Waals surface area contributed by atoms with Gasteiger partial charge in [0.05, 0.1) is 16.7 Å². The summed E-state index contributed by atoms with van der Waals surface area (Å²) in [5.74, 6) is -0.850. The summed E-state index contributed by atoms with van der Waals surface area (Å²) in [6.45, 7) is 1.72. The monoisotopic (exact) mass is 312 g/mol. The normalized spacial score (nSPS) is 10.6. The van der Waals surface area contributed by atoms with Crippen LogP contribution < -0.4 is 5.32 Å². The molecule has 104 valence electrons. The van der Waals surface area contributed by atoms with E-state index in [1.165, 1.54) is 18.2 Å². The Bertz CT molecular complexity index is 606. The fourth-order valence-corrected chi connectivity index (χ4v) is 1.55. The fraction of sp³-hybridized carbons (Fsp3) is 0.154. The molecule has 0 saturated carbocycles. The zero-order valence-corrected chi connectivity index (χ0v) is 12.0. The molecule has 0 heterocycles. The lowest BCUT2D eigenvalue weighted by molar-refractivity contribution is -0.116. The minimum Gasteiger partial charge on any atom is -0.450 e. The van der Waals surface area contributed by atoms with Crippen LogP contribution in [0.3, 0.4) is 0 Å². The number of halogens is 2. The van der Waals surface area contributed by atoms with Crippen molar-refractivity contribution in [1.82, 2.24) is 5.32 Å². The van der Waals surface area contributed by atoms with Gasteiger partial charge in [-0.1, -0.05) is 29.3 Å². The Labute approximate surface area is 125 Å². The van der Waals surface area contributed by atoms with Crippen molar-refractivity contribution in [3.05, 3.63) is 39.4 Å².